The highest BCUT2D eigenvalue weighted by Gasteiger charge is 2.50. The summed E-state index contributed by atoms with van der Waals surface area (Å²) in [5, 5.41) is 12.0. The van der Waals surface area contributed by atoms with Gasteiger partial charge in [-0.15, -0.1) is 0 Å². The van der Waals surface area contributed by atoms with Crippen LogP contribution >= 0.6 is 0 Å². The molecular weight excluding hydrogens is 230 g/mol. The standard InChI is InChI=1S/C13H23N3O2/c1-2-10-5-3-8-16(9-10)12(17)13(6-4-7-13)11(14)15-18/h10,18H,2-9H2,1H3,(H2,14,15). The smallest absolute Gasteiger partial charge is 0.236 e. The van der Waals surface area contributed by atoms with Crippen molar-refractivity contribution in [1.82, 2.24) is 4.90 Å². The van der Waals surface area contributed by atoms with Gasteiger partial charge < -0.3 is 15.8 Å². The maximum absolute atomic E-state index is 12.6. The first-order chi connectivity index (χ1) is 8.64. The van der Waals surface area contributed by atoms with E-state index in [0.29, 0.717) is 5.92 Å². The van der Waals surface area contributed by atoms with E-state index in [9.17, 15) is 4.79 Å². The van der Waals surface area contributed by atoms with Crippen molar-refractivity contribution in [2.75, 3.05) is 13.1 Å². The highest BCUT2D eigenvalue weighted by atomic mass is 16.4. The fourth-order valence-corrected chi connectivity index (χ4v) is 3.09. The maximum atomic E-state index is 12.6. The van der Waals surface area contributed by atoms with Crippen molar-refractivity contribution in [3.63, 3.8) is 0 Å². The summed E-state index contributed by atoms with van der Waals surface area (Å²) in [6.45, 7) is 3.81. The van der Waals surface area contributed by atoms with Crippen LogP contribution in [0.3, 0.4) is 0 Å². The maximum Gasteiger partial charge on any atom is 0.236 e. The van der Waals surface area contributed by atoms with Crippen LogP contribution in [-0.4, -0.2) is 34.9 Å². The van der Waals surface area contributed by atoms with Gasteiger partial charge in [-0.2, -0.15) is 0 Å². The molecule has 18 heavy (non-hydrogen) atoms. The second kappa shape index (κ2) is 5.16. The average molecular weight is 253 g/mol. The van der Waals surface area contributed by atoms with Crippen molar-refractivity contribution < 1.29 is 10.0 Å². The van der Waals surface area contributed by atoms with Crippen LogP contribution in [0.2, 0.25) is 0 Å². The van der Waals surface area contributed by atoms with Gasteiger partial charge in [0.25, 0.3) is 0 Å². The highest BCUT2D eigenvalue weighted by molar-refractivity contribution is 6.07. The Bertz CT molecular complexity index is 350. The Labute approximate surface area is 108 Å². The fourth-order valence-electron chi connectivity index (χ4n) is 3.09. The van der Waals surface area contributed by atoms with Gasteiger partial charge in [0.1, 0.15) is 5.41 Å². The van der Waals surface area contributed by atoms with E-state index in [-0.39, 0.29) is 11.7 Å². The van der Waals surface area contributed by atoms with Crippen molar-refractivity contribution in [1.29, 1.82) is 0 Å². The van der Waals surface area contributed by atoms with Crippen LogP contribution < -0.4 is 5.73 Å². The molecule has 2 rings (SSSR count). The number of hydrogen-bond acceptors (Lipinski definition) is 3. The summed E-state index contributed by atoms with van der Waals surface area (Å²) in [6.07, 6.45) is 5.80. The molecular formula is C13H23N3O2. The molecule has 3 N–H and O–H groups in total. The van der Waals surface area contributed by atoms with Gasteiger partial charge in [-0.1, -0.05) is 24.9 Å². The Balaban J connectivity index is 2.10. The largest absolute Gasteiger partial charge is 0.409 e. The predicted octanol–water partition coefficient (Wildman–Crippen LogP) is 1.55. The number of piperidine rings is 1. The first-order valence-electron chi connectivity index (χ1n) is 6.91. The van der Waals surface area contributed by atoms with E-state index < -0.39 is 5.41 Å². The van der Waals surface area contributed by atoms with Crippen molar-refractivity contribution in [3.8, 4) is 0 Å². The van der Waals surface area contributed by atoms with Gasteiger partial charge in [0, 0.05) is 13.1 Å². The molecule has 1 atom stereocenters. The molecule has 1 unspecified atom stereocenters. The molecule has 1 amide bonds. The quantitative estimate of drug-likeness (QED) is 0.346. The van der Waals surface area contributed by atoms with E-state index in [1.165, 1.54) is 6.42 Å². The third-order valence-corrected chi connectivity index (χ3v) is 4.60. The lowest BCUT2D eigenvalue weighted by Crippen LogP contribution is -2.56. The van der Waals surface area contributed by atoms with Gasteiger partial charge in [-0.3, -0.25) is 4.79 Å². The molecule has 0 bridgehead atoms. The summed E-state index contributed by atoms with van der Waals surface area (Å²) in [4.78, 5) is 14.5. The summed E-state index contributed by atoms with van der Waals surface area (Å²) in [5.74, 6) is 0.770. The SMILES string of the molecule is CCC1CCCN(C(=O)C2(C(N)=NO)CCC2)C1. The Kier molecular flexibility index (Phi) is 3.78. The minimum absolute atomic E-state index is 0.0715. The van der Waals surface area contributed by atoms with Gasteiger partial charge >= 0.3 is 0 Å². The van der Waals surface area contributed by atoms with Crippen LogP contribution in [0.4, 0.5) is 0 Å². The molecule has 1 saturated heterocycles. The molecule has 2 fully saturated rings. The summed E-state index contributed by atoms with van der Waals surface area (Å²) < 4.78 is 0. The van der Waals surface area contributed by atoms with E-state index in [1.54, 1.807) is 0 Å². The van der Waals surface area contributed by atoms with Gasteiger partial charge in [0.15, 0.2) is 5.84 Å². The first kappa shape index (κ1) is 13.2. The zero-order valence-corrected chi connectivity index (χ0v) is 11.1. The monoisotopic (exact) mass is 253 g/mol. The van der Waals surface area contributed by atoms with E-state index in [0.717, 1.165) is 45.2 Å². The number of hydrogen-bond donors (Lipinski definition) is 2. The molecule has 1 heterocycles. The van der Waals surface area contributed by atoms with Crippen LogP contribution in [-0.2, 0) is 4.79 Å². The van der Waals surface area contributed by atoms with Crippen molar-refractivity contribution >= 4 is 11.7 Å². The van der Waals surface area contributed by atoms with E-state index in [1.807, 2.05) is 4.90 Å². The Morgan fingerprint density at radius 3 is 2.72 bits per heavy atom. The third-order valence-electron chi connectivity index (χ3n) is 4.60. The molecule has 0 aromatic carbocycles. The highest BCUT2D eigenvalue weighted by Crippen LogP contribution is 2.43. The summed E-state index contributed by atoms with van der Waals surface area (Å²) in [5.41, 5.74) is 5.04. The Hall–Kier alpha value is -1.26. The average Bonchev–Trinajstić information content (AvgIpc) is 2.37. The minimum atomic E-state index is -0.704. The number of likely N-dealkylation sites (tertiary alicyclic amines) is 1. The lowest BCUT2D eigenvalue weighted by molar-refractivity contribution is -0.144. The van der Waals surface area contributed by atoms with E-state index >= 15 is 0 Å². The molecule has 2 aliphatic rings. The Morgan fingerprint density at radius 1 is 1.50 bits per heavy atom. The van der Waals surface area contributed by atoms with E-state index in [4.69, 9.17) is 10.9 Å². The number of carbonyl (C=O) groups is 1. The van der Waals surface area contributed by atoms with Gasteiger partial charge in [-0.25, -0.2) is 0 Å². The lowest BCUT2D eigenvalue weighted by atomic mass is 9.66. The number of nitrogens with two attached hydrogens (primary N) is 1. The van der Waals surface area contributed by atoms with Gasteiger partial charge in [-0.05, 0) is 31.6 Å². The van der Waals surface area contributed by atoms with E-state index in [2.05, 4.69) is 12.1 Å². The number of carbonyl (C=O) groups excluding carboxylic acids is 1. The molecule has 0 radical (unpaired) electrons. The minimum Gasteiger partial charge on any atom is -0.409 e. The van der Waals surface area contributed by atoms with Crippen LogP contribution in [0.15, 0.2) is 5.16 Å². The Morgan fingerprint density at radius 2 is 2.22 bits per heavy atom. The van der Waals surface area contributed by atoms with Crippen LogP contribution in [0.1, 0.15) is 45.4 Å². The molecule has 0 aromatic rings. The normalized spacial score (nSPS) is 27.7. The third kappa shape index (κ3) is 2.06. The number of amidine groups is 1. The first-order valence-corrected chi connectivity index (χ1v) is 6.91. The van der Waals surface area contributed by atoms with Crippen LogP contribution in [0.5, 0.6) is 0 Å². The second-order valence-corrected chi connectivity index (χ2v) is 5.59. The molecule has 5 nitrogen and oxygen atoms in total. The van der Waals surface area contributed by atoms with Crippen molar-refractivity contribution in [2.24, 2.45) is 22.2 Å². The lowest BCUT2D eigenvalue weighted by Gasteiger charge is -2.44. The molecule has 0 aromatic heterocycles. The van der Waals surface area contributed by atoms with Crippen LogP contribution in [0.25, 0.3) is 0 Å². The van der Waals surface area contributed by atoms with Crippen molar-refractivity contribution in [3.05, 3.63) is 0 Å². The topological polar surface area (TPSA) is 78.9 Å². The molecule has 1 saturated carbocycles. The zero-order valence-electron chi connectivity index (χ0n) is 11.1. The summed E-state index contributed by atoms with van der Waals surface area (Å²) >= 11 is 0. The predicted molar refractivity (Wildman–Crippen MR) is 69.3 cm³/mol. The molecule has 102 valence electrons. The van der Waals surface area contributed by atoms with Crippen LogP contribution in [0, 0.1) is 11.3 Å². The number of rotatable bonds is 3. The summed E-state index contributed by atoms with van der Waals surface area (Å²) in [7, 11) is 0. The number of nitrogens with zero attached hydrogens (tertiary/aromatic N) is 2. The van der Waals surface area contributed by atoms with Crippen molar-refractivity contribution in [2.45, 2.75) is 45.4 Å². The van der Waals surface area contributed by atoms with Gasteiger partial charge in [0.2, 0.25) is 5.91 Å². The second-order valence-electron chi connectivity index (χ2n) is 5.59. The zero-order chi connectivity index (χ0) is 13.2. The molecule has 0 spiro atoms. The fraction of sp³-hybridized carbons (Fsp3) is 0.846. The molecule has 5 heteroatoms. The molecule has 1 aliphatic heterocycles. The number of oxime groups is 1. The number of amides is 1. The molecule has 1 aliphatic carbocycles. The van der Waals surface area contributed by atoms with Gasteiger partial charge in [0.05, 0.1) is 0 Å². The summed E-state index contributed by atoms with van der Waals surface area (Å²) in [6, 6.07) is 0.